The average molecular weight is 331 g/mol. The molecule has 0 saturated heterocycles. The summed E-state index contributed by atoms with van der Waals surface area (Å²) in [6.07, 6.45) is 10.1. The molecule has 122 valence electrons. The van der Waals surface area contributed by atoms with Crippen LogP contribution in [0.25, 0.3) is 0 Å². The second-order valence-electron chi connectivity index (χ2n) is 6.14. The van der Waals surface area contributed by atoms with Gasteiger partial charge in [0.05, 0.1) is 10.4 Å². The van der Waals surface area contributed by atoms with Crippen molar-refractivity contribution < 1.29 is 4.79 Å². The number of amides is 1. The van der Waals surface area contributed by atoms with Gasteiger partial charge >= 0.3 is 0 Å². The lowest BCUT2D eigenvalue weighted by Crippen LogP contribution is -2.52. The van der Waals surface area contributed by atoms with Crippen LogP contribution >= 0.6 is 24.0 Å². The van der Waals surface area contributed by atoms with E-state index in [9.17, 15) is 4.79 Å². The van der Waals surface area contributed by atoms with Crippen LogP contribution in [-0.4, -0.2) is 28.4 Å². The Hall–Kier alpha value is -0.290. The molecule has 21 heavy (non-hydrogen) atoms. The lowest BCUT2D eigenvalue weighted by atomic mass is 9.77. The largest absolute Gasteiger partial charge is 0.392 e. The summed E-state index contributed by atoms with van der Waals surface area (Å²) in [6.45, 7) is 4.17. The van der Waals surface area contributed by atoms with Crippen molar-refractivity contribution in [3.05, 3.63) is 0 Å². The van der Waals surface area contributed by atoms with Crippen molar-refractivity contribution in [2.45, 2.75) is 76.5 Å². The van der Waals surface area contributed by atoms with Crippen LogP contribution in [0.1, 0.15) is 65.2 Å². The number of nitrogens with two attached hydrogens (primary N) is 1. The molecule has 2 atom stereocenters. The van der Waals surface area contributed by atoms with Gasteiger partial charge in [0.1, 0.15) is 0 Å². The first-order valence-electron chi connectivity index (χ1n) is 8.13. The lowest BCUT2D eigenvalue weighted by molar-refractivity contribution is -0.129. The molecule has 0 spiro atoms. The van der Waals surface area contributed by atoms with Crippen molar-refractivity contribution in [2.24, 2.45) is 11.1 Å². The molecule has 1 amide bonds. The Morgan fingerprint density at radius 2 is 1.95 bits per heavy atom. The van der Waals surface area contributed by atoms with E-state index in [-0.39, 0.29) is 11.9 Å². The number of carbonyl (C=O) groups excluding carboxylic acids is 1. The van der Waals surface area contributed by atoms with Crippen molar-refractivity contribution in [3.63, 3.8) is 0 Å². The topological polar surface area (TPSA) is 55.1 Å². The third-order valence-corrected chi connectivity index (χ3v) is 6.04. The average Bonchev–Trinajstić information content (AvgIpc) is 2.46. The van der Waals surface area contributed by atoms with Crippen LogP contribution in [0.3, 0.4) is 0 Å². The standard InChI is InChI=1S/C16H30N2OS2/c1-4-9-16(10-5-2,14(17)20)15(19)18-12-7-6-8-13(11-12)21-3/h12-13H,4-11H2,1-3H3,(H2,17,20)(H,18,19). The number of hydrogen-bond donors (Lipinski definition) is 2. The molecule has 1 rings (SSSR count). The van der Waals surface area contributed by atoms with Crippen LogP contribution in [0.15, 0.2) is 0 Å². The first kappa shape index (κ1) is 18.8. The molecule has 3 nitrogen and oxygen atoms in total. The Kier molecular flexibility index (Phi) is 8.03. The molecule has 0 aliphatic heterocycles. The van der Waals surface area contributed by atoms with Crippen LogP contribution in [0.4, 0.5) is 0 Å². The molecule has 1 saturated carbocycles. The van der Waals surface area contributed by atoms with Gasteiger partial charge in [0, 0.05) is 11.3 Å². The molecule has 0 bridgehead atoms. The Balaban J connectivity index is 2.78. The number of thiocarbonyl (C=S) groups is 1. The molecule has 0 radical (unpaired) electrons. The third kappa shape index (κ3) is 4.85. The molecule has 0 aromatic rings. The zero-order valence-electron chi connectivity index (χ0n) is 13.6. The van der Waals surface area contributed by atoms with E-state index in [1.165, 1.54) is 12.8 Å². The summed E-state index contributed by atoms with van der Waals surface area (Å²) in [5.41, 5.74) is 5.32. The van der Waals surface area contributed by atoms with Crippen LogP contribution in [0.2, 0.25) is 0 Å². The van der Waals surface area contributed by atoms with Gasteiger partial charge in [-0.25, -0.2) is 0 Å². The van der Waals surface area contributed by atoms with E-state index in [4.69, 9.17) is 18.0 Å². The Labute approximate surface area is 139 Å². The maximum absolute atomic E-state index is 12.9. The number of hydrogen-bond acceptors (Lipinski definition) is 3. The van der Waals surface area contributed by atoms with E-state index >= 15 is 0 Å². The Morgan fingerprint density at radius 1 is 1.33 bits per heavy atom. The van der Waals surface area contributed by atoms with Gasteiger partial charge in [-0.1, -0.05) is 45.3 Å². The fourth-order valence-electron chi connectivity index (χ4n) is 3.38. The van der Waals surface area contributed by atoms with Gasteiger partial charge in [-0.15, -0.1) is 0 Å². The van der Waals surface area contributed by atoms with Crippen LogP contribution in [0, 0.1) is 5.41 Å². The molecule has 0 aromatic carbocycles. The van der Waals surface area contributed by atoms with Crippen LogP contribution in [0.5, 0.6) is 0 Å². The lowest BCUT2D eigenvalue weighted by Gasteiger charge is -2.35. The highest BCUT2D eigenvalue weighted by molar-refractivity contribution is 7.99. The zero-order chi connectivity index (χ0) is 15.9. The van der Waals surface area contributed by atoms with Gasteiger partial charge in [0.2, 0.25) is 5.91 Å². The van der Waals surface area contributed by atoms with Gasteiger partial charge in [0.25, 0.3) is 0 Å². The summed E-state index contributed by atoms with van der Waals surface area (Å²) in [5.74, 6) is 0.0606. The predicted octanol–water partition coefficient (Wildman–Crippen LogP) is 3.65. The summed E-state index contributed by atoms with van der Waals surface area (Å²) >= 11 is 7.17. The van der Waals surface area contributed by atoms with Crippen molar-refractivity contribution in [1.29, 1.82) is 0 Å². The highest BCUT2D eigenvalue weighted by Gasteiger charge is 2.40. The van der Waals surface area contributed by atoms with Crippen molar-refractivity contribution >= 4 is 34.9 Å². The van der Waals surface area contributed by atoms with Crippen molar-refractivity contribution in [1.82, 2.24) is 5.32 Å². The number of carbonyl (C=O) groups is 1. The smallest absolute Gasteiger partial charge is 0.233 e. The maximum atomic E-state index is 12.9. The van der Waals surface area contributed by atoms with Crippen LogP contribution < -0.4 is 11.1 Å². The monoisotopic (exact) mass is 330 g/mol. The van der Waals surface area contributed by atoms with E-state index in [1.807, 2.05) is 11.8 Å². The molecule has 0 aromatic heterocycles. The molecule has 0 heterocycles. The van der Waals surface area contributed by atoms with Crippen molar-refractivity contribution in [3.8, 4) is 0 Å². The summed E-state index contributed by atoms with van der Waals surface area (Å²) < 4.78 is 0. The summed E-state index contributed by atoms with van der Waals surface area (Å²) in [4.78, 5) is 13.2. The minimum absolute atomic E-state index is 0.0606. The predicted molar refractivity (Wildman–Crippen MR) is 96.7 cm³/mol. The minimum atomic E-state index is -0.648. The fraction of sp³-hybridized carbons (Fsp3) is 0.875. The van der Waals surface area contributed by atoms with Crippen LogP contribution in [-0.2, 0) is 4.79 Å². The normalized spacial score (nSPS) is 22.8. The zero-order valence-corrected chi connectivity index (χ0v) is 15.2. The second kappa shape index (κ2) is 8.99. The van der Waals surface area contributed by atoms with Gasteiger partial charge in [-0.05, 0) is 38.4 Å². The molecule has 3 N–H and O–H groups in total. The Bertz CT molecular complexity index is 354. The van der Waals surface area contributed by atoms with Gasteiger partial charge < -0.3 is 11.1 Å². The van der Waals surface area contributed by atoms with E-state index < -0.39 is 5.41 Å². The molecule has 1 fully saturated rings. The molecule has 1 aliphatic rings. The number of thioether (sulfide) groups is 1. The molecular weight excluding hydrogens is 300 g/mol. The number of rotatable bonds is 8. The molecule has 1 aliphatic carbocycles. The Morgan fingerprint density at radius 3 is 2.43 bits per heavy atom. The summed E-state index contributed by atoms with van der Waals surface area (Å²) in [6, 6.07) is 0.283. The summed E-state index contributed by atoms with van der Waals surface area (Å²) in [7, 11) is 0. The van der Waals surface area contributed by atoms with E-state index in [0.29, 0.717) is 10.2 Å². The van der Waals surface area contributed by atoms with E-state index in [1.54, 1.807) is 0 Å². The van der Waals surface area contributed by atoms with Crippen molar-refractivity contribution in [2.75, 3.05) is 6.26 Å². The molecule has 2 unspecified atom stereocenters. The van der Waals surface area contributed by atoms with Gasteiger partial charge in [0.15, 0.2) is 0 Å². The second-order valence-corrected chi connectivity index (χ2v) is 7.72. The highest BCUT2D eigenvalue weighted by atomic mass is 32.2. The third-order valence-electron chi connectivity index (χ3n) is 4.55. The minimum Gasteiger partial charge on any atom is -0.392 e. The highest BCUT2D eigenvalue weighted by Crippen LogP contribution is 2.33. The molecular formula is C16H30N2OS2. The van der Waals surface area contributed by atoms with Gasteiger partial charge in [-0.3, -0.25) is 4.79 Å². The quantitative estimate of drug-likeness (QED) is 0.667. The number of nitrogens with one attached hydrogen (secondary N) is 1. The fourth-order valence-corrected chi connectivity index (χ4v) is 4.50. The molecule has 5 heteroatoms. The van der Waals surface area contributed by atoms with E-state index in [0.717, 1.165) is 38.5 Å². The SMILES string of the molecule is CCCC(CCC)(C(=O)NC1CCCC(SC)C1)C(N)=S. The maximum Gasteiger partial charge on any atom is 0.233 e. The van der Waals surface area contributed by atoms with Gasteiger partial charge in [-0.2, -0.15) is 11.8 Å². The first-order chi connectivity index (χ1) is 10.00. The van der Waals surface area contributed by atoms with E-state index in [2.05, 4.69) is 25.4 Å². The summed E-state index contributed by atoms with van der Waals surface area (Å²) in [5, 5.41) is 3.92. The first-order valence-corrected chi connectivity index (χ1v) is 9.83.